The minimum atomic E-state index is -2.70. The molecule has 2 rings (SSSR count). The maximum absolute atomic E-state index is 13.0. The number of ether oxygens (including phenoxy) is 1. The van der Waals surface area contributed by atoms with Gasteiger partial charge in [0, 0.05) is 0 Å². The molecule has 0 aliphatic carbocycles. The molecule has 0 amide bonds. The van der Waals surface area contributed by atoms with Crippen LogP contribution in [-0.2, 0) is 4.74 Å². The number of fused-ring (bicyclic) bond motifs is 1. The normalized spacial score (nSPS) is 12.5. The summed E-state index contributed by atoms with van der Waals surface area (Å²) in [6, 6.07) is 4.19. The number of hydrogen-bond donors (Lipinski definition) is 0. The Morgan fingerprint density at radius 1 is 1.03 bits per heavy atom. The number of aromatic nitrogens is 2. The summed E-state index contributed by atoms with van der Waals surface area (Å²) in [5.74, 6) is 0. The second-order valence-corrected chi connectivity index (χ2v) is 22.5. The number of hydrogen-bond acceptors (Lipinski definition) is 3. The summed E-state index contributed by atoms with van der Waals surface area (Å²) in [5.41, 5.74) is 0.248. The quantitative estimate of drug-likeness (QED) is 0.330. The van der Waals surface area contributed by atoms with Gasteiger partial charge in [0.25, 0.3) is 0 Å². The van der Waals surface area contributed by atoms with Crippen LogP contribution in [0.5, 0.6) is 0 Å². The first-order valence-corrected chi connectivity index (χ1v) is 19.0. The van der Waals surface area contributed by atoms with Gasteiger partial charge in [-0.15, -0.1) is 0 Å². The Balaban J connectivity index is 2.62. The van der Waals surface area contributed by atoms with Gasteiger partial charge in [-0.2, -0.15) is 0 Å². The van der Waals surface area contributed by atoms with Gasteiger partial charge in [0.15, 0.2) is 0 Å². The summed E-state index contributed by atoms with van der Waals surface area (Å²) in [6.45, 7) is 12.6. The van der Waals surface area contributed by atoms with Crippen LogP contribution in [0.15, 0.2) is 24.5 Å². The van der Waals surface area contributed by atoms with E-state index in [4.69, 9.17) is 4.74 Å². The first-order valence-electron chi connectivity index (χ1n) is 11.5. The van der Waals surface area contributed by atoms with Crippen molar-refractivity contribution in [1.29, 1.82) is 0 Å². The third kappa shape index (κ3) is 6.22. The van der Waals surface area contributed by atoms with Gasteiger partial charge in [-0.1, -0.05) is 0 Å². The van der Waals surface area contributed by atoms with Crippen molar-refractivity contribution in [1.82, 2.24) is 9.55 Å². The molecule has 2 heterocycles. The predicted molar refractivity (Wildman–Crippen MR) is 126 cm³/mol. The minimum absolute atomic E-state index is 0.311. The molecule has 4 nitrogen and oxygen atoms in total. The second kappa shape index (κ2) is 10.8. The molecule has 0 radical (unpaired) electrons. The summed E-state index contributed by atoms with van der Waals surface area (Å²) in [6.07, 6.45) is 11.2. The van der Waals surface area contributed by atoms with Crippen molar-refractivity contribution in [2.45, 2.75) is 99.0 Å². The van der Waals surface area contributed by atoms with Crippen LogP contribution in [-0.4, -0.2) is 39.6 Å². The molecule has 0 fully saturated rings. The van der Waals surface area contributed by atoms with Gasteiger partial charge in [-0.25, -0.2) is 0 Å². The van der Waals surface area contributed by atoms with Crippen LogP contribution in [0.3, 0.4) is 0 Å². The summed E-state index contributed by atoms with van der Waals surface area (Å²) in [4.78, 5) is 17.6. The first-order chi connectivity index (χ1) is 13.8. The van der Waals surface area contributed by atoms with Crippen molar-refractivity contribution < 1.29 is 9.53 Å². The number of nitrogens with zero attached hydrogens (tertiary/aromatic N) is 2. The average Bonchev–Trinajstić information content (AvgIpc) is 3.07. The number of unbranched alkanes of at least 4 members (excludes halogenated alkanes) is 3. The molecule has 0 aromatic carbocycles. The predicted octanol–water partition coefficient (Wildman–Crippen LogP) is 6.88. The molecule has 0 spiro atoms. The van der Waals surface area contributed by atoms with Crippen LogP contribution < -0.4 is 3.58 Å². The van der Waals surface area contributed by atoms with E-state index in [1.165, 1.54) is 60.8 Å². The van der Waals surface area contributed by atoms with Gasteiger partial charge in [0.1, 0.15) is 0 Å². The van der Waals surface area contributed by atoms with Crippen molar-refractivity contribution in [2.75, 3.05) is 0 Å². The summed E-state index contributed by atoms with van der Waals surface area (Å²) >= 11 is -2.70. The fourth-order valence-corrected chi connectivity index (χ4v) is 20.9. The van der Waals surface area contributed by atoms with E-state index in [0.717, 1.165) is 5.65 Å². The zero-order chi connectivity index (χ0) is 21.5. The Bertz CT molecular complexity index is 770. The molecule has 0 atom stereocenters. The molecule has 2 aromatic heterocycles. The van der Waals surface area contributed by atoms with Crippen molar-refractivity contribution in [2.24, 2.45) is 0 Å². The molecular formula is C24H40N2O2Sn. The van der Waals surface area contributed by atoms with Gasteiger partial charge in [-0.05, 0) is 0 Å². The third-order valence-electron chi connectivity index (χ3n) is 5.75. The van der Waals surface area contributed by atoms with E-state index in [9.17, 15) is 4.79 Å². The summed E-state index contributed by atoms with van der Waals surface area (Å²) < 4.78 is 13.0. The monoisotopic (exact) mass is 508 g/mol. The van der Waals surface area contributed by atoms with Gasteiger partial charge in [0.05, 0.1) is 0 Å². The van der Waals surface area contributed by atoms with Crippen LogP contribution in [0.2, 0.25) is 13.3 Å². The van der Waals surface area contributed by atoms with Crippen molar-refractivity contribution >= 4 is 39.1 Å². The molecule has 0 unspecified atom stereocenters. The Morgan fingerprint density at radius 3 is 2.07 bits per heavy atom. The molecule has 5 heteroatoms. The number of pyridine rings is 1. The maximum atomic E-state index is 13.0. The summed E-state index contributed by atoms with van der Waals surface area (Å²) in [5, 5.41) is 1.19. The second-order valence-electron chi connectivity index (χ2n) is 9.36. The van der Waals surface area contributed by atoms with E-state index in [1.807, 2.05) is 26.8 Å². The molecule has 29 heavy (non-hydrogen) atoms. The molecule has 0 N–H and O–H groups in total. The van der Waals surface area contributed by atoms with Crippen LogP contribution >= 0.6 is 0 Å². The van der Waals surface area contributed by atoms with Crippen LogP contribution in [0.1, 0.15) is 80.1 Å². The number of carbonyl (C=O) groups excluding carboxylic acids is 1. The van der Waals surface area contributed by atoms with Crippen molar-refractivity contribution in [3.05, 3.63) is 24.5 Å². The fourth-order valence-electron chi connectivity index (χ4n) is 4.26. The Hall–Kier alpha value is -1.04. The van der Waals surface area contributed by atoms with E-state index in [2.05, 4.69) is 38.0 Å². The molecule has 0 aliphatic rings. The number of rotatable bonds is 10. The van der Waals surface area contributed by atoms with Gasteiger partial charge in [0.2, 0.25) is 0 Å². The Labute approximate surface area is 181 Å². The van der Waals surface area contributed by atoms with Crippen LogP contribution in [0.25, 0.3) is 11.0 Å². The zero-order valence-corrected chi connectivity index (χ0v) is 22.2. The molecule has 0 aliphatic heterocycles. The SMILES string of the molecule is CCC[CH2][Sn]([CH2]CCC)([CH2]CCC)[c]1cn(C(=O)OC(C)(C)C)c2ncccc12. The molecular weight excluding hydrogens is 467 g/mol. The molecule has 0 saturated heterocycles. The van der Waals surface area contributed by atoms with Crippen molar-refractivity contribution in [3.8, 4) is 0 Å². The van der Waals surface area contributed by atoms with E-state index in [1.54, 1.807) is 10.8 Å². The molecule has 162 valence electrons. The Kier molecular flexibility index (Phi) is 9.05. The molecule has 2 aromatic rings. The van der Waals surface area contributed by atoms with Crippen LogP contribution in [0.4, 0.5) is 4.79 Å². The molecule has 0 saturated carbocycles. The van der Waals surface area contributed by atoms with E-state index < -0.39 is 24.0 Å². The van der Waals surface area contributed by atoms with Crippen molar-refractivity contribution in [3.63, 3.8) is 0 Å². The fraction of sp³-hybridized carbons (Fsp3) is 0.667. The van der Waals surface area contributed by atoms with E-state index >= 15 is 0 Å². The average molecular weight is 507 g/mol. The zero-order valence-electron chi connectivity index (χ0n) is 19.4. The van der Waals surface area contributed by atoms with Gasteiger partial charge in [-0.3, -0.25) is 0 Å². The van der Waals surface area contributed by atoms with E-state index in [0.29, 0.717) is 0 Å². The molecule has 0 bridgehead atoms. The van der Waals surface area contributed by atoms with Gasteiger partial charge >= 0.3 is 182 Å². The Morgan fingerprint density at radius 2 is 1.59 bits per heavy atom. The number of carbonyl (C=O) groups is 1. The van der Waals surface area contributed by atoms with E-state index in [-0.39, 0.29) is 6.09 Å². The van der Waals surface area contributed by atoms with Gasteiger partial charge < -0.3 is 0 Å². The summed E-state index contributed by atoms with van der Waals surface area (Å²) in [7, 11) is 0. The topological polar surface area (TPSA) is 44.1 Å². The standard InChI is InChI=1S/C12H13N2O2.3C4H9.Sn/c1-12(2,3)16-11(15)14-8-6-9-5-4-7-13-10(9)14;3*1-3-4-2;/h4-5,7-8H,1-3H3;3*1,3-4H2,2H3;. The third-order valence-corrected chi connectivity index (χ3v) is 21.4. The first kappa shape index (κ1) is 24.2. The van der Waals surface area contributed by atoms with Crippen LogP contribution in [0, 0.1) is 0 Å².